The Labute approximate surface area is 143 Å². The van der Waals surface area contributed by atoms with E-state index in [0.29, 0.717) is 25.4 Å². The topological polar surface area (TPSA) is 66.6 Å². The Morgan fingerprint density at radius 1 is 1.25 bits per heavy atom. The second-order valence-electron chi connectivity index (χ2n) is 7.18. The van der Waals surface area contributed by atoms with Gasteiger partial charge in [0.1, 0.15) is 0 Å². The molecule has 5 heteroatoms. The lowest BCUT2D eigenvalue weighted by molar-refractivity contribution is -0.137. The van der Waals surface area contributed by atoms with Gasteiger partial charge in [-0.05, 0) is 31.2 Å². The molecule has 1 aromatic rings. The summed E-state index contributed by atoms with van der Waals surface area (Å²) in [7, 11) is 0. The third-order valence-electron chi connectivity index (χ3n) is 5.37. The molecule has 2 atom stereocenters. The first-order chi connectivity index (χ1) is 11.5. The van der Waals surface area contributed by atoms with Gasteiger partial charge in [-0.1, -0.05) is 30.3 Å². The average molecular weight is 329 g/mol. The number of amides is 2. The number of nitrogens with two attached hydrogens (primary N) is 1. The van der Waals surface area contributed by atoms with Crippen molar-refractivity contribution in [2.24, 2.45) is 17.6 Å². The fraction of sp³-hybridized carbons (Fsp3) is 0.579. The van der Waals surface area contributed by atoms with Crippen LogP contribution in [0.1, 0.15) is 31.7 Å². The highest BCUT2D eigenvalue weighted by molar-refractivity contribution is 5.89. The molecule has 0 bridgehead atoms. The number of likely N-dealkylation sites (tertiary alicyclic amines) is 2. The van der Waals surface area contributed by atoms with Gasteiger partial charge in [0.2, 0.25) is 11.8 Å². The number of hydrogen-bond donors (Lipinski definition) is 1. The molecule has 2 unspecified atom stereocenters. The number of carbonyl (C=O) groups is 2. The van der Waals surface area contributed by atoms with E-state index >= 15 is 0 Å². The quantitative estimate of drug-likeness (QED) is 0.913. The third-order valence-corrected chi connectivity index (χ3v) is 5.37. The molecule has 0 spiro atoms. The van der Waals surface area contributed by atoms with Crippen molar-refractivity contribution in [1.29, 1.82) is 0 Å². The molecule has 3 rings (SSSR count). The van der Waals surface area contributed by atoms with Crippen LogP contribution in [0, 0.1) is 11.8 Å². The second kappa shape index (κ2) is 7.34. The van der Waals surface area contributed by atoms with Gasteiger partial charge in [0.05, 0.1) is 5.92 Å². The normalized spacial score (nSPS) is 23.6. The summed E-state index contributed by atoms with van der Waals surface area (Å²) in [6.45, 7) is 4.72. The van der Waals surface area contributed by atoms with Crippen LogP contribution in [0.4, 0.5) is 0 Å². The highest BCUT2D eigenvalue weighted by Crippen LogP contribution is 2.25. The van der Waals surface area contributed by atoms with Crippen LogP contribution in [-0.2, 0) is 16.1 Å². The molecule has 0 radical (unpaired) electrons. The van der Waals surface area contributed by atoms with Gasteiger partial charge >= 0.3 is 0 Å². The van der Waals surface area contributed by atoms with Crippen molar-refractivity contribution in [3.63, 3.8) is 0 Å². The van der Waals surface area contributed by atoms with E-state index in [1.165, 1.54) is 0 Å². The van der Waals surface area contributed by atoms with E-state index in [9.17, 15) is 9.59 Å². The van der Waals surface area contributed by atoms with Crippen molar-refractivity contribution in [2.45, 2.75) is 38.8 Å². The van der Waals surface area contributed by atoms with Gasteiger partial charge < -0.3 is 15.5 Å². The van der Waals surface area contributed by atoms with Crippen LogP contribution in [-0.4, -0.2) is 47.3 Å². The number of nitrogens with zero attached hydrogens (tertiary/aromatic N) is 2. The number of rotatable bonds is 4. The minimum atomic E-state index is -0.187. The lowest BCUT2D eigenvalue weighted by Gasteiger charge is -2.35. The van der Waals surface area contributed by atoms with Crippen LogP contribution < -0.4 is 5.73 Å². The summed E-state index contributed by atoms with van der Waals surface area (Å²) in [6.07, 6.45) is 2.29. The Morgan fingerprint density at radius 2 is 1.92 bits per heavy atom. The maximum Gasteiger partial charge on any atom is 0.227 e. The first-order valence-electron chi connectivity index (χ1n) is 8.90. The van der Waals surface area contributed by atoms with Crippen LogP contribution in [0.2, 0.25) is 0 Å². The van der Waals surface area contributed by atoms with E-state index in [4.69, 9.17) is 5.73 Å². The number of carbonyl (C=O) groups excluding carboxylic acids is 2. The zero-order valence-corrected chi connectivity index (χ0v) is 14.4. The van der Waals surface area contributed by atoms with E-state index in [1.54, 1.807) is 0 Å². The summed E-state index contributed by atoms with van der Waals surface area (Å²) in [5.74, 6) is 0.548. The van der Waals surface area contributed by atoms with Crippen molar-refractivity contribution in [3.8, 4) is 0 Å². The van der Waals surface area contributed by atoms with Gasteiger partial charge in [0.25, 0.3) is 0 Å². The Kier molecular flexibility index (Phi) is 5.19. The Hall–Kier alpha value is -1.88. The van der Waals surface area contributed by atoms with E-state index in [2.05, 4.69) is 0 Å². The molecule has 0 aliphatic carbocycles. The summed E-state index contributed by atoms with van der Waals surface area (Å²) in [5.41, 5.74) is 7.07. The maximum absolute atomic E-state index is 12.7. The van der Waals surface area contributed by atoms with Gasteiger partial charge in [-0.3, -0.25) is 9.59 Å². The zero-order chi connectivity index (χ0) is 17.1. The van der Waals surface area contributed by atoms with E-state index in [-0.39, 0.29) is 23.8 Å². The number of piperidine rings is 1. The summed E-state index contributed by atoms with van der Waals surface area (Å²) < 4.78 is 0. The minimum absolute atomic E-state index is 0.0858. The number of benzene rings is 1. The molecule has 2 amide bonds. The van der Waals surface area contributed by atoms with Crippen LogP contribution in [0.15, 0.2) is 30.3 Å². The molecule has 2 fully saturated rings. The first kappa shape index (κ1) is 17.0. The Bertz CT molecular complexity index is 580. The van der Waals surface area contributed by atoms with Gasteiger partial charge in [-0.25, -0.2) is 0 Å². The van der Waals surface area contributed by atoms with Crippen LogP contribution in [0.5, 0.6) is 0 Å². The summed E-state index contributed by atoms with van der Waals surface area (Å²) >= 11 is 0. The van der Waals surface area contributed by atoms with Crippen molar-refractivity contribution in [2.75, 3.05) is 19.6 Å². The third kappa shape index (κ3) is 3.78. The first-order valence-corrected chi connectivity index (χ1v) is 8.90. The number of hydrogen-bond acceptors (Lipinski definition) is 3. The van der Waals surface area contributed by atoms with Crippen LogP contribution >= 0.6 is 0 Å². The maximum atomic E-state index is 12.7. The van der Waals surface area contributed by atoms with Gasteiger partial charge in [-0.2, -0.15) is 0 Å². The SMILES string of the molecule is CC(N)C1CCN(C(=O)C2CC(=O)N(Cc3ccccc3)C2)CC1. The van der Waals surface area contributed by atoms with E-state index < -0.39 is 0 Å². The van der Waals surface area contributed by atoms with E-state index in [1.807, 2.05) is 47.1 Å². The summed E-state index contributed by atoms with van der Waals surface area (Å²) in [5, 5.41) is 0. The fourth-order valence-corrected chi connectivity index (χ4v) is 3.80. The summed E-state index contributed by atoms with van der Waals surface area (Å²) in [4.78, 5) is 28.7. The second-order valence-corrected chi connectivity index (χ2v) is 7.18. The molecule has 24 heavy (non-hydrogen) atoms. The highest BCUT2D eigenvalue weighted by atomic mass is 16.2. The molecule has 2 heterocycles. The monoisotopic (exact) mass is 329 g/mol. The molecule has 2 aliphatic heterocycles. The average Bonchev–Trinajstić information content (AvgIpc) is 2.96. The molecular weight excluding hydrogens is 302 g/mol. The van der Waals surface area contributed by atoms with Gasteiger partial charge in [-0.15, -0.1) is 0 Å². The standard InChI is InChI=1S/C19H27N3O2/c1-14(20)16-7-9-21(10-8-16)19(24)17-11-18(23)22(13-17)12-15-5-3-2-4-6-15/h2-6,14,16-17H,7-13,20H2,1H3. The molecule has 0 aromatic heterocycles. The predicted molar refractivity (Wildman–Crippen MR) is 92.9 cm³/mol. The largest absolute Gasteiger partial charge is 0.342 e. The van der Waals surface area contributed by atoms with Crippen LogP contribution in [0.3, 0.4) is 0 Å². The Balaban J connectivity index is 1.54. The summed E-state index contributed by atoms with van der Waals surface area (Å²) in [6, 6.07) is 10.1. The molecule has 5 nitrogen and oxygen atoms in total. The molecule has 0 saturated carbocycles. The molecule has 2 saturated heterocycles. The zero-order valence-electron chi connectivity index (χ0n) is 14.4. The van der Waals surface area contributed by atoms with Crippen molar-refractivity contribution in [3.05, 3.63) is 35.9 Å². The minimum Gasteiger partial charge on any atom is -0.342 e. The van der Waals surface area contributed by atoms with E-state index in [0.717, 1.165) is 31.5 Å². The Morgan fingerprint density at radius 3 is 2.54 bits per heavy atom. The lowest BCUT2D eigenvalue weighted by atomic mass is 9.90. The van der Waals surface area contributed by atoms with Crippen molar-refractivity contribution in [1.82, 2.24) is 9.80 Å². The smallest absolute Gasteiger partial charge is 0.227 e. The van der Waals surface area contributed by atoms with Crippen molar-refractivity contribution >= 4 is 11.8 Å². The molecule has 2 aliphatic rings. The molecule has 2 N–H and O–H groups in total. The lowest BCUT2D eigenvalue weighted by Crippen LogP contribution is -2.45. The fourth-order valence-electron chi connectivity index (χ4n) is 3.80. The van der Waals surface area contributed by atoms with Crippen LogP contribution in [0.25, 0.3) is 0 Å². The van der Waals surface area contributed by atoms with Gasteiger partial charge in [0, 0.05) is 38.6 Å². The highest BCUT2D eigenvalue weighted by Gasteiger charge is 2.37. The molecular formula is C19H27N3O2. The van der Waals surface area contributed by atoms with Gasteiger partial charge in [0.15, 0.2) is 0 Å². The molecule has 1 aromatic carbocycles. The molecule has 130 valence electrons. The predicted octanol–water partition coefficient (Wildman–Crippen LogP) is 1.62. The van der Waals surface area contributed by atoms with Crippen molar-refractivity contribution < 1.29 is 9.59 Å².